The molecule has 0 amide bonds. The van der Waals surface area contributed by atoms with E-state index in [-0.39, 0.29) is 30.0 Å². The van der Waals surface area contributed by atoms with E-state index in [1.54, 1.807) is 38.7 Å². The average molecular weight is 619 g/mol. The van der Waals surface area contributed by atoms with Crippen molar-refractivity contribution >= 4 is 39.9 Å². The Morgan fingerprint density at radius 1 is 0.884 bits per heavy atom. The van der Waals surface area contributed by atoms with Crippen molar-refractivity contribution in [1.82, 2.24) is 9.47 Å². The van der Waals surface area contributed by atoms with Crippen molar-refractivity contribution in [3.8, 4) is 21.9 Å². The average Bonchev–Trinajstić information content (AvgIpc) is 3.38. The molecule has 0 bridgehead atoms. The van der Waals surface area contributed by atoms with E-state index >= 15 is 0 Å². The first kappa shape index (κ1) is 31.8. The van der Waals surface area contributed by atoms with Gasteiger partial charge in [0.15, 0.2) is 0 Å². The van der Waals surface area contributed by atoms with E-state index < -0.39 is 5.97 Å². The van der Waals surface area contributed by atoms with Crippen molar-refractivity contribution in [2.24, 2.45) is 0 Å². The van der Waals surface area contributed by atoms with Crippen LogP contribution >= 0.6 is 23.7 Å². The van der Waals surface area contributed by atoms with Gasteiger partial charge in [-0.1, -0.05) is 42.5 Å². The van der Waals surface area contributed by atoms with E-state index in [1.807, 2.05) is 78.3 Å². The topological polar surface area (TPSA) is 70.0 Å². The third-order valence-corrected chi connectivity index (χ3v) is 8.38. The second kappa shape index (κ2) is 14.4. The summed E-state index contributed by atoms with van der Waals surface area (Å²) in [6.45, 7) is 3.58. The Morgan fingerprint density at radius 3 is 2.26 bits per heavy atom. The molecule has 0 aliphatic rings. The van der Waals surface area contributed by atoms with Gasteiger partial charge in [0, 0.05) is 30.7 Å². The summed E-state index contributed by atoms with van der Waals surface area (Å²) in [5, 5.41) is 0.541. The van der Waals surface area contributed by atoms with Crippen molar-refractivity contribution in [3.05, 3.63) is 118 Å². The highest BCUT2D eigenvalue weighted by Crippen LogP contribution is 2.39. The van der Waals surface area contributed by atoms with Gasteiger partial charge in [0.2, 0.25) is 5.43 Å². The Balaban J connectivity index is 0.00000423. The Bertz CT molecular complexity index is 1750. The zero-order chi connectivity index (χ0) is 29.6. The van der Waals surface area contributed by atoms with Gasteiger partial charge in [-0.3, -0.25) is 9.69 Å². The summed E-state index contributed by atoms with van der Waals surface area (Å²) >= 11 is 1.55. The van der Waals surface area contributed by atoms with Crippen molar-refractivity contribution < 1.29 is 19.0 Å². The van der Waals surface area contributed by atoms with Crippen LogP contribution in [-0.2, 0) is 24.4 Å². The molecule has 0 radical (unpaired) electrons. The molecule has 0 saturated carbocycles. The first-order valence-electron chi connectivity index (χ1n) is 13.8. The fourth-order valence-corrected chi connectivity index (χ4v) is 6.37. The molecule has 0 fully saturated rings. The highest BCUT2D eigenvalue weighted by atomic mass is 35.5. The van der Waals surface area contributed by atoms with E-state index in [0.717, 1.165) is 37.9 Å². The molecule has 0 atom stereocenters. The molecule has 5 rings (SSSR count). The molecular formula is C34H35ClN2O5S. The molecule has 3 aromatic carbocycles. The van der Waals surface area contributed by atoms with Gasteiger partial charge in [-0.05, 0) is 72.6 Å². The molecule has 0 unspecified atom stereocenters. The molecule has 224 valence electrons. The van der Waals surface area contributed by atoms with Gasteiger partial charge in [0.25, 0.3) is 0 Å². The predicted molar refractivity (Wildman–Crippen MR) is 175 cm³/mol. The van der Waals surface area contributed by atoms with Gasteiger partial charge >= 0.3 is 5.97 Å². The SMILES string of the molecule is CCOC(=O)c1cn(Cc2cccc(OC)c2)c2sc(-c3ccc(OC)cc3)c(CN(C)Cc3ccccc3)c2c1=O.Cl. The smallest absolute Gasteiger partial charge is 0.343 e. The maximum Gasteiger partial charge on any atom is 0.343 e. The lowest BCUT2D eigenvalue weighted by atomic mass is 10.0. The number of carbonyl (C=O) groups excluding carboxylic acids is 1. The highest BCUT2D eigenvalue weighted by Gasteiger charge is 2.25. The van der Waals surface area contributed by atoms with Gasteiger partial charge in [-0.25, -0.2) is 4.79 Å². The summed E-state index contributed by atoms with van der Waals surface area (Å²) in [7, 11) is 5.31. The molecule has 2 heterocycles. The minimum Gasteiger partial charge on any atom is -0.497 e. The first-order valence-corrected chi connectivity index (χ1v) is 14.6. The van der Waals surface area contributed by atoms with Gasteiger partial charge in [0.05, 0.1) is 26.2 Å². The molecule has 5 aromatic rings. The Labute approximate surface area is 261 Å². The van der Waals surface area contributed by atoms with Gasteiger partial charge < -0.3 is 18.8 Å². The number of thiophene rings is 1. The molecule has 7 nitrogen and oxygen atoms in total. The number of hydrogen-bond acceptors (Lipinski definition) is 7. The summed E-state index contributed by atoms with van der Waals surface area (Å²) in [5.74, 6) is 0.873. The van der Waals surface area contributed by atoms with Crippen LogP contribution < -0.4 is 14.9 Å². The molecule has 0 aliphatic heterocycles. The molecule has 2 aromatic heterocycles. The summed E-state index contributed by atoms with van der Waals surface area (Å²) in [4.78, 5) is 31.1. The second-order valence-corrected chi connectivity index (χ2v) is 11.0. The Hall–Kier alpha value is -4.11. The third kappa shape index (κ3) is 7.10. The van der Waals surface area contributed by atoms with E-state index in [2.05, 4.69) is 17.0 Å². The minimum absolute atomic E-state index is 0. The molecule has 9 heteroatoms. The summed E-state index contributed by atoms with van der Waals surface area (Å²) in [5.41, 5.74) is 3.73. The van der Waals surface area contributed by atoms with Crippen LogP contribution in [0, 0.1) is 0 Å². The zero-order valence-electron chi connectivity index (χ0n) is 24.7. The Morgan fingerprint density at radius 2 is 1.58 bits per heavy atom. The Kier molecular flexibility index (Phi) is 10.6. The molecule has 43 heavy (non-hydrogen) atoms. The lowest BCUT2D eigenvalue weighted by Crippen LogP contribution is -2.23. The quantitative estimate of drug-likeness (QED) is 0.148. The number of ether oxygens (including phenoxy) is 3. The number of pyridine rings is 1. The van der Waals surface area contributed by atoms with E-state index in [4.69, 9.17) is 14.2 Å². The molecular weight excluding hydrogens is 584 g/mol. The number of benzene rings is 3. The zero-order valence-corrected chi connectivity index (χ0v) is 26.3. The summed E-state index contributed by atoms with van der Waals surface area (Å²) in [6, 6.07) is 25.9. The number of hydrogen-bond donors (Lipinski definition) is 0. The maximum absolute atomic E-state index is 14.1. The third-order valence-electron chi connectivity index (χ3n) is 7.06. The monoisotopic (exact) mass is 618 g/mol. The molecule has 0 N–H and O–H groups in total. The van der Waals surface area contributed by atoms with E-state index in [1.165, 1.54) is 5.56 Å². The number of halogens is 1. The number of methoxy groups -OCH3 is 2. The van der Waals surface area contributed by atoms with Gasteiger partial charge in [-0.15, -0.1) is 23.7 Å². The van der Waals surface area contributed by atoms with E-state index in [9.17, 15) is 9.59 Å². The van der Waals surface area contributed by atoms with Crippen LogP contribution in [0.2, 0.25) is 0 Å². The van der Waals surface area contributed by atoms with Crippen LogP contribution in [0.25, 0.3) is 20.7 Å². The summed E-state index contributed by atoms with van der Waals surface area (Å²) in [6.07, 6.45) is 1.63. The normalized spacial score (nSPS) is 10.9. The standard InChI is InChI=1S/C34H34N2O5S.ClH/c1-5-41-34(38)29-22-36(20-24-12-9-13-27(18-24)40-4)33-30(31(29)37)28(21-35(2)19-23-10-7-6-8-11-23)32(42-33)25-14-16-26(39-3)17-15-25;/h6-18,22H,5,19-21H2,1-4H3;1H. The van der Waals surface area contributed by atoms with Crippen LogP contribution in [0.1, 0.15) is 34.0 Å². The predicted octanol–water partition coefficient (Wildman–Crippen LogP) is 7.03. The number of nitrogens with zero attached hydrogens (tertiary/aromatic N) is 2. The molecule has 0 saturated heterocycles. The maximum atomic E-state index is 14.1. The minimum atomic E-state index is -0.621. The fraction of sp³-hybridized carbons (Fsp3) is 0.235. The summed E-state index contributed by atoms with van der Waals surface area (Å²) < 4.78 is 18.1. The van der Waals surface area contributed by atoms with Crippen molar-refractivity contribution in [3.63, 3.8) is 0 Å². The van der Waals surface area contributed by atoms with Crippen LogP contribution in [0.3, 0.4) is 0 Å². The molecule has 0 spiro atoms. The van der Waals surface area contributed by atoms with Crippen LogP contribution in [0.4, 0.5) is 0 Å². The number of aromatic nitrogens is 1. The lowest BCUT2D eigenvalue weighted by Gasteiger charge is -2.18. The second-order valence-electron chi connectivity index (χ2n) is 10.0. The highest BCUT2D eigenvalue weighted by molar-refractivity contribution is 7.22. The van der Waals surface area contributed by atoms with Gasteiger partial charge in [0.1, 0.15) is 21.9 Å². The van der Waals surface area contributed by atoms with Crippen LogP contribution in [0.15, 0.2) is 89.9 Å². The van der Waals surface area contributed by atoms with Crippen molar-refractivity contribution in [1.29, 1.82) is 0 Å². The number of carbonyl (C=O) groups is 1. The van der Waals surface area contributed by atoms with Crippen LogP contribution in [0.5, 0.6) is 11.5 Å². The molecule has 0 aliphatic carbocycles. The first-order chi connectivity index (χ1) is 20.4. The number of fused-ring (bicyclic) bond motifs is 1. The fourth-order valence-electron chi connectivity index (χ4n) is 5.08. The van der Waals surface area contributed by atoms with Crippen LogP contribution in [-0.4, -0.2) is 43.3 Å². The largest absolute Gasteiger partial charge is 0.497 e. The lowest BCUT2D eigenvalue weighted by molar-refractivity contribution is 0.0524. The number of esters is 1. The number of rotatable bonds is 11. The van der Waals surface area contributed by atoms with E-state index in [0.29, 0.717) is 25.0 Å². The van der Waals surface area contributed by atoms with Gasteiger partial charge in [-0.2, -0.15) is 0 Å². The van der Waals surface area contributed by atoms with Crippen molar-refractivity contribution in [2.45, 2.75) is 26.6 Å². The van der Waals surface area contributed by atoms with Crippen molar-refractivity contribution in [2.75, 3.05) is 27.9 Å².